The van der Waals surface area contributed by atoms with E-state index in [4.69, 9.17) is 0 Å². The van der Waals surface area contributed by atoms with E-state index in [0.29, 0.717) is 6.54 Å². The summed E-state index contributed by atoms with van der Waals surface area (Å²) in [6, 6.07) is 5.89. The molecule has 0 bridgehead atoms. The lowest BCUT2D eigenvalue weighted by Crippen LogP contribution is -2.48. The summed E-state index contributed by atoms with van der Waals surface area (Å²) in [5, 5.41) is 5.28. The van der Waals surface area contributed by atoms with Gasteiger partial charge in [-0.3, -0.25) is 9.78 Å². The molecule has 2 aromatic rings. The third-order valence-corrected chi connectivity index (χ3v) is 5.21. The molecule has 3 heterocycles. The molecule has 1 fully saturated rings. The molecule has 1 atom stereocenters. The van der Waals surface area contributed by atoms with Crippen LogP contribution in [0.15, 0.2) is 40.4 Å². The average Bonchev–Trinajstić information content (AvgIpc) is 2.93. The second kappa shape index (κ2) is 6.03. The number of amides is 1. The van der Waals surface area contributed by atoms with Crippen molar-refractivity contribution in [3.8, 4) is 0 Å². The Bertz CT molecular complexity index is 601. The lowest BCUT2D eigenvalue weighted by molar-refractivity contribution is 0.0638. The van der Waals surface area contributed by atoms with Gasteiger partial charge in [0.15, 0.2) is 0 Å². The minimum Gasteiger partial charge on any atom is -0.328 e. The lowest BCUT2D eigenvalue weighted by atomic mass is 10.1. The molecular formula is C14H14BrN3OS. The molecule has 1 unspecified atom stereocenters. The van der Waals surface area contributed by atoms with Crippen molar-refractivity contribution in [1.29, 1.82) is 0 Å². The van der Waals surface area contributed by atoms with Crippen LogP contribution >= 0.6 is 27.3 Å². The van der Waals surface area contributed by atoms with Gasteiger partial charge in [-0.15, -0.1) is 11.3 Å². The van der Waals surface area contributed by atoms with E-state index in [1.807, 2.05) is 34.7 Å². The molecule has 1 N–H and O–H groups in total. The Kier molecular flexibility index (Phi) is 4.14. The number of thiophene rings is 1. The number of halogens is 1. The molecular weight excluding hydrogens is 338 g/mol. The molecule has 0 aliphatic carbocycles. The van der Waals surface area contributed by atoms with Crippen LogP contribution in [0.3, 0.4) is 0 Å². The van der Waals surface area contributed by atoms with Gasteiger partial charge in [0.05, 0.1) is 6.04 Å². The molecule has 6 heteroatoms. The Labute approximate surface area is 130 Å². The summed E-state index contributed by atoms with van der Waals surface area (Å²) in [5.74, 6) is 0.0854. The van der Waals surface area contributed by atoms with Crippen LogP contribution in [0.25, 0.3) is 0 Å². The second-order valence-electron chi connectivity index (χ2n) is 4.60. The Hall–Kier alpha value is -1.24. The largest absolute Gasteiger partial charge is 0.328 e. The van der Waals surface area contributed by atoms with Crippen molar-refractivity contribution >= 4 is 33.2 Å². The van der Waals surface area contributed by atoms with E-state index in [1.165, 1.54) is 11.3 Å². The van der Waals surface area contributed by atoms with Crippen molar-refractivity contribution in [3.63, 3.8) is 0 Å². The summed E-state index contributed by atoms with van der Waals surface area (Å²) >= 11 is 4.92. The van der Waals surface area contributed by atoms with Crippen LogP contribution in [0, 0.1) is 0 Å². The molecule has 4 nitrogen and oxygen atoms in total. The Balaban J connectivity index is 1.90. The van der Waals surface area contributed by atoms with Crippen molar-refractivity contribution < 1.29 is 4.79 Å². The number of nitrogens with one attached hydrogen (secondary N) is 1. The maximum Gasteiger partial charge on any atom is 0.265 e. The van der Waals surface area contributed by atoms with E-state index in [1.54, 1.807) is 6.20 Å². The van der Waals surface area contributed by atoms with Crippen LogP contribution in [0.4, 0.5) is 0 Å². The van der Waals surface area contributed by atoms with Crippen LogP contribution in [0.2, 0.25) is 0 Å². The fourth-order valence-corrected chi connectivity index (χ4v) is 3.89. The SMILES string of the molecule is O=C(c1sccc1Br)N1CCNCC1c1cccnc1. The summed E-state index contributed by atoms with van der Waals surface area (Å²) in [6.45, 7) is 2.30. The first-order valence-corrected chi connectivity index (χ1v) is 8.09. The Morgan fingerprint density at radius 2 is 2.40 bits per heavy atom. The van der Waals surface area contributed by atoms with Crippen LogP contribution < -0.4 is 5.32 Å². The summed E-state index contributed by atoms with van der Waals surface area (Å²) in [6.07, 6.45) is 3.59. The molecule has 0 radical (unpaired) electrons. The molecule has 3 rings (SSSR count). The van der Waals surface area contributed by atoms with Crippen molar-refractivity contribution in [2.24, 2.45) is 0 Å². The van der Waals surface area contributed by atoms with Gasteiger partial charge in [-0.1, -0.05) is 6.07 Å². The molecule has 0 spiro atoms. The fourth-order valence-electron chi connectivity index (χ4n) is 2.40. The zero-order valence-corrected chi connectivity index (χ0v) is 13.2. The maximum atomic E-state index is 12.7. The summed E-state index contributed by atoms with van der Waals surface area (Å²) in [7, 11) is 0. The minimum absolute atomic E-state index is 0.0407. The molecule has 104 valence electrons. The normalized spacial score (nSPS) is 19.1. The Morgan fingerprint density at radius 3 is 3.10 bits per heavy atom. The van der Waals surface area contributed by atoms with Crippen LogP contribution in [0.5, 0.6) is 0 Å². The van der Waals surface area contributed by atoms with Gasteiger partial charge in [-0.2, -0.15) is 0 Å². The van der Waals surface area contributed by atoms with Crippen molar-refractivity contribution in [3.05, 3.63) is 50.9 Å². The summed E-state index contributed by atoms with van der Waals surface area (Å²) < 4.78 is 0.871. The summed E-state index contributed by atoms with van der Waals surface area (Å²) in [4.78, 5) is 19.6. The summed E-state index contributed by atoms with van der Waals surface area (Å²) in [5.41, 5.74) is 1.07. The van der Waals surface area contributed by atoms with E-state index in [9.17, 15) is 4.79 Å². The third kappa shape index (κ3) is 2.63. The number of hydrogen-bond donors (Lipinski definition) is 1. The second-order valence-corrected chi connectivity index (χ2v) is 6.37. The average molecular weight is 352 g/mol. The smallest absolute Gasteiger partial charge is 0.265 e. The first-order valence-electron chi connectivity index (χ1n) is 6.42. The predicted octanol–water partition coefficient (Wildman–Crippen LogP) is 2.69. The van der Waals surface area contributed by atoms with Crippen molar-refractivity contribution in [2.45, 2.75) is 6.04 Å². The van der Waals surface area contributed by atoms with Crippen molar-refractivity contribution in [1.82, 2.24) is 15.2 Å². The van der Waals surface area contributed by atoms with E-state index in [-0.39, 0.29) is 11.9 Å². The highest BCUT2D eigenvalue weighted by molar-refractivity contribution is 9.10. The van der Waals surface area contributed by atoms with Gasteiger partial charge in [0, 0.05) is 36.5 Å². The van der Waals surface area contributed by atoms with Crippen molar-refractivity contribution in [2.75, 3.05) is 19.6 Å². The van der Waals surface area contributed by atoms with Gasteiger partial charge < -0.3 is 10.2 Å². The molecule has 1 aliphatic heterocycles. The number of piperazine rings is 1. The number of hydrogen-bond acceptors (Lipinski definition) is 4. The zero-order valence-electron chi connectivity index (χ0n) is 10.8. The van der Waals surface area contributed by atoms with Gasteiger partial charge in [-0.25, -0.2) is 0 Å². The van der Waals surface area contributed by atoms with Crippen LogP contribution in [-0.2, 0) is 0 Å². The van der Waals surface area contributed by atoms with Gasteiger partial charge in [-0.05, 0) is 39.0 Å². The molecule has 20 heavy (non-hydrogen) atoms. The Morgan fingerprint density at radius 1 is 1.50 bits per heavy atom. The van der Waals surface area contributed by atoms with E-state index in [0.717, 1.165) is 28.0 Å². The highest BCUT2D eigenvalue weighted by Crippen LogP contribution is 2.29. The van der Waals surface area contributed by atoms with E-state index >= 15 is 0 Å². The molecule has 0 saturated carbocycles. The van der Waals surface area contributed by atoms with Gasteiger partial charge in [0.25, 0.3) is 5.91 Å². The third-order valence-electron chi connectivity index (χ3n) is 3.38. The minimum atomic E-state index is 0.0407. The molecule has 0 aromatic carbocycles. The number of nitrogens with zero attached hydrogens (tertiary/aromatic N) is 2. The number of aromatic nitrogens is 1. The van der Waals surface area contributed by atoms with Gasteiger partial charge in [0.2, 0.25) is 0 Å². The van der Waals surface area contributed by atoms with Gasteiger partial charge in [0.1, 0.15) is 4.88 Å². The number of carbonyl (C=O) groups is 1. The predicted molar refractivity (Wildman–Crippen MR) is 82.9 cm³/mol. The topological polar surface area (TPSA) is 45.2 Å². The number of pyridine rings is 1. The first-order chi connectivity index (χ1) is 9.77. The van der Waals surface area contributed by atoms with Crippen LogP contribution in [-0.4, -0.2) is 35.4 Å². The van der Waals surface area contributed by atoms with E-state index < -0.39 is 0 Å². The molecule has 1 saturated heterocycles. The quantitative estimate of drug-likeness (QED) is 0.904. The van der Waals surface area contributed by atoms with Gasteiger partial charge >= 0.3 is 0 Å². The van der Waals surface area contributed by atoms with E-state index in [2.05, 4.69) is 26.2 Å². The monoisotopic (exact) mass is 351 g/mol. The maximum absolute atomic E-state index is 12.7. The molecule has 1 aliphatic rings. The molecule has 2 aromatic heterocycles. The highest BCUT2D eigenvalue weighted by Gasteiger charge is 2.30. The van der Waals surface area contributed by atoms with Crippen LogP contribution in [0.1, 0.15) is 21.3 Å². The standard InChI is InChI=1S/C14H14BrN3OS/c15-11-3-7-20-13(11)14(19)18-6-5-17-9-12(18)10-2-1-4-16-8-10/h1-4,7-8,12,17H,5-6,9H2. The lowest BCUT2D eigenvalue weighted by Gasteiger charge is -2.36. The first kappa shape index (κ1) is 13.7. The molecule has 1 amide bonds. The number of rotatable bonds is 2. The zero-order chi connectivity index (χ0) is 13.9. The number of carbonyl (C=O) groups excluding carboxylic acids is 1. The fraction of sp³-hybridized carbons (Fsp3) is 0.286. The highest BCUT2D eigenvalue weighted by atomic mass is 79.9.